The summed E-state index contributed by atoms with van der Waals surface area (Å²) in [6.45, 7) is 3.75. The van der Waals surface area contributed by atoms with Crippen molar-refractivity contribution in [3.8, 4) is 0 Å². The van der Waals surface area contributed by atoms with Crippen molar-refractivity contribution in [1.29, 1.82) is 0 Å². The molecule has 0 saturated carbocycles. The van der Waals surface area contributed by atoms with Crippen LogP contribution >= 0.6 is 0 Å². The summed E-state index contributed by atoms with van der Waals surface area (Å²) in [5, 5.41) is 17.9. The zero-order valence-corrected chi connectivity index (χ0v) is 8.75. The molecule has 0 atom stereocenters. The van der Waals surface area contributed by atoms with E-state index in [1.54, 1.807) is 4.68 Å². The average molecular weight is 195 g/mol. The zero-order chi connectivity index (χ0) is 10.2. The highest BCUT2D eigenvalue weighted by Gasteiger charge is 2.34. The third-order valence-corrected chi connectivity index (χ3v) is 2.99. The maximum Gasteiger partial charge on any atom is 0.109 e. The second-order valence-electron chi connectivity index (χ2n) is 4.08. The molecule has 1 fully saturated rings. The molecule has 0 aromatic carbocycles. The van der Waals surface area contributed by atoms with Crippen molar-refractivity contribution in [2.45, 2.75) is 25.4 Å². The number of hydrogen-bond acceptors (Lipinski definition) is 3. The Bertz CT molecular complexity index is 307. The highest BCUT2D eigenvalue weighted by atomic mass is 16.3. The van der Waals surface area contributed by atoms with Crippen LogP contribution < -0.4 is 5.32 Å². The Morgan fingerprint density at radius 2 is 2.14 bits per heavy atom. The quantitative estimate of drug-likeness (QED) is 0.677. The number of nitrogens with zero attached hydrogens (tertiary/aromatic N) is 2. The fourth-order valence-electron chi connectivity index (χ4n) is 2.29. The molecule has 2 N–H and O–H groups in total. The van der Waals surface area contributed by atoms with Crippen LogP contribution in [0.15, 0.2) is 6.20 Å². The fraction of sp³-hybridized carbons (Fsp3) is 0.700. The van der Waals surface area contributed by atoms with Gasteiger partial charge in [-0.25, -0.2) is 0 Å². The van der Waals surface area contributed by atoms with Crippen molar-refractivity contribution < 1.29 is 5.11 Å². The van der Waals surface area contributed by atoms with Gasteiger partial charge in [-0.1, -0.05) is 0 Å². The SMILES string of the molecule is Cc1cnn(C)c1C1(O)CCNCC1. The molecule has 1 aromatic heterocycles. The van der Waals surface area contributed by atoms with Crippen molar-refractivity contribution in [1.82, 2.24) is 15.1 Å². The molecule has 0 spiro atoms. The largest absolute Gasteiger partial charge is 0.383 e. The van der Waals surface area contributed by atoms with Gasteiger partial charge in [-0.05, 0) is 38.4 Å². The summed E-state index contributed by atoms with van der Waals surface area (Å²) in [4.78, 5) is 0. The highest BCUT2D eigenvalue weighted by Crippen LogP contribution is 2.31. The van der Waals surface area contributed by atoms with Crippen molar-refractivity contribution in [3.05, 3.63) is 17.5 Å². The van der Waals surface area contributed by atoms with E-state index in [0.29, 0.717) is 0 Å². The molecule has 1 aliphatic rings. The average Bonchev–Trinajstić information content (AvgIpc) is 2.48. The van der Waals surface area contributed by atoms with E-state index in [0.717, 1.165) is 37.2 Å². The molecule has 1 aliphatic heterocycles. The van der Waals surface area contributed by atoms with Gasteiger partial charge in [-0.2, -0.15) is 5.10 Å². The molecule has 78 valence electrons. The number of aliphatic hydroxyl groups is 1. The van der Waals surface area contributed by atoms with Crippen LogP contribution in [0.25, 0.3) is 0 Å². The van der Waals surface area contributed by atoms with Gasteiger partial charge in [-0.3, -0.25) is 4.68 Å². The van der Waals surface area contributed by atoms with Crippen LogP contribution in [0.4, 0.5) is 0 Å². The van der Waals surface area contributed by atoms with Crippen LogP contribution in [-0.2, 0) is 12.6 Å². The van der Waals surface area contributed by atoms with E-state index in [-0.39, 0.29) is 0 Å². The third kappa shape index (κ3) is 1.44. The maximum absolute atomic E-state index is 10.5. The predicted octanol–water partition coefficient (Wildman–Crippen LogP) is 0.300. The lowest BCUT2D eigenvalue weighted by atomic mass is 9.87. The molecule has 2 heterocycles. The van der Waals surface area contributed by atoms with Gasteiger partial charge in [0.15, 0.2) is 0 Å². The molecular weight excluding hydrogens is 178 g/mol. The van der Waals surface area contributed by atoms with E-state index in [4.69, 9.17) is 0 Å². The Balaban J connectivity index is 2.36. The minimum absolute atomic E-state index is 0.680. The molecule has 14 heavy (non-hydrogen) atoms. The molecule has 4 nitrogen and oxygen atoms in total. The Labute approximate surface area is 83.9 Å². The lowest BCUT2D eigenvalue weighted by molar-refractivity contribution is -0.00205. The molecule has 0 amide bonds. The molecule has 0 radical (unpaired) electrons. The minimum atomic E-state index is -0.680. The first-order valence-electron chi connectivity index (χ1n) is 5.06. The Morgan fingerprint density at radius 1 is 1.50 bits per heavy atom. The van der Waals surface area contributed by atoms with E-state index in [1.165, 1.54) is 0 Å². The summed E-state index contributed by atoms with van der Waals surface area (Å²) in [5.74, 6) is 0. The normalized spacial score (nSPS) is 21.1. The van der Waals surface area contributed by atoms with Crippen LogP contribution in [-0.4, -0.2) is 28.0 Å². The lowest BCUT2D eigenvalue weighted by Gasteiger charge is -2.33. The van der Waals surface area contributed by atoms with Crippen molar-refractivity contribution in [2.75, 3.05) is 13.1 Å². The minimum Gasteiger partial charge on any atom is -0.383 e. The van der Waals surface area contributed by atoms with Gasteiger partial charge in [0.1, 0.15) is 5.60 Å². The number of nitrogens with one attached hydrogen (secondary N) is 1. The van der Waals surface area contributed by atoms with Gasteiger partial charge >= 0.3 is 0 Å². The van der Waals surface area contributed by atoms with E-state index in [2.05, 4.69) is 10.4 Å². The highest BCUT2D eigenvalue weighted by molar-refractivity contribution is 5.23. The summed E-state index contributed by atoms with van der Waals surface area (Å²) in [5.41, 5.74) is 1.37. The van der Waals surface area contributed by atoms with Crippen molar-refractivity contribution >= 4 is 0 Å². The summed E-state index contributed by atoms with van der Waals surface area (Å²) >= 11 is 0. The second kappa shape index (κ2) is 3.37. The Morgan fingerprint density at radius 3 is 2.64 bits per heavy atom. The first-order chi connectivity index (χ1) is 6.63. The molecule has 1 aromatic rings. The summed E-state index contributed by atoms with van der Waals surface area (Å²) in [7, 11) is 1.89. The molecule has 0 unspecified atom stereocenters. The maximum atomic E-state index is 10.5. The van der Waals surface area contributed by atoms with Crippen LogP contribution in [0.3, 0.4) is 0 Å². The van der Waals surface area contributed by atoms with Crippen LogP contribution in [0.2, 0.25) is 0 Å². The molecule has 0 bridgehead atoms. The van der Waals surface area contributed by atoms with E-state index in [1.807, 2.05) is 20.2 Å². The van der Waals surface area contributed by atoms with E-state index < -0.39 is 5.60 Å². The summed E-state index contributed by atoms with van der Waals surface area (Å²) in [6, 6.07) is 0. The molecule has 0 aliphatic carbocycles. The fourth-order valence-corrected chi connectivity index (χ4v) is 2.29. The van der Waals surface area contributed by atoms with Crippen LogP contribution in [0, 0.1) is 6.92 Å². The zero-order valence-electron chi connectivity index (χ0n) is 8.75. The van der Waals surface area contributed by atoms with E-state index in [9.17, 15) is 5.11 Å². The number of rotatable bonds is 1. The molecular formula is C10H17N3O. The standard InChI is InChI=1S/C10H17N3O/c1-8-7-12-13(2)9(8)10(14)3-5-11-6-4-10/h7,11,14H,3-6H2,1-2H3. The Kier molecular flexibility index (Phi) is 2.33. The third-order valence-electron chi connectivity index (χ3n) is 2.99. The molecule has 2 rings (SSSR count). The Hall–Kier alpha value is -0.870. The van der Waals surface area contributed by atoms with Gasteiger partial charge < -0.3 is 10.4 Å². The number of piperidine rings is 1. The predicted molar refractivity (Wildman–Crippen MR) is 53.9 cm³/mol. The first kappa shape index (κ1) is 9.68. The topological polar surface area (TPSA) is 50.1 Å². The van der Waals surface area contributed by atoms with Crippen molar-refractivity contribution in [3.63, 3.8) is 0 Å². The number of hydrogen-bond donors (Lipinski definition) is 2. The van der Waals surface area contributed by atoms with E-state index >= 15 is 0 Å². The second-order valence-corrected chi connectivity index (χ2v) is 4.08. The van der Waals surface area contributed by atoms with Crippen LogP contribution in [0.5, 0.6) is 0 Å². The van der Waals surface area contributed by atoms with Crippen LogP contribution in [0.1, 0.15) is 24.1 Å². The van der Waals surface area contributed by atoms with Gasteiger partial charge in [0.25, 0.3) is 0 Å². The van der Waals surface area contributed by atoms with Gasteiger partial charge in [-0.15, -0.1) is 0 Å². The first-order valence-corrected chi connectivity index (χ1v) is 5.06. The van der Waals surface area contributed by atoms with Gasteiger partial charge in [0, 0.05) is 7.05 Å². The summed E-state index contributed by atoms with van der Waals surface area (Å²) < 4.78 is 1.79. The van der Waals surface area contributed by atoms with Gasteiger partial charge in [0.05, 0.1) is 11.9 Å². The number of aromatic nitrogens is 2. The van der Waals surface area contributed by atoms with Crippen molar-refractivity contribution in [2.24, 2.45) is 7.05 Å². The lowest BCUT2D eigenvalue weighted by Crippen LogP contribution is -2.41. The summed E-state index contributed by atoms with van der Waals surface area (Å²) in [6.07, 6.45) is 3.36. The molecule has 4 heteroatoms. The number of aryl methyl sites for hydroxylation is 2. The van der Waals surface area contributed by atoms with Gasteiger partial charge in [0.2, 0.25) is 0 Å². The molecule has 1 saturated heterocycles. The monoisotopic (exact) mass is 195 g/mol. The smallest absolute Gasteiger partial charge is 0.109 e.